The van der Waals surface area contributed by atoms with Crippen LogP contribution in [0.3, 0.4) is 0 Å². The molecule has 150 valence electrons. The summed E-state index contributed by atoms with van der Waals surface area (Å²) in [7, 11) is 3.39. The third-order valence-electron chi connectivity index (χ3n) is 4.51. The lowest BCUT2D eigenvalue weighted by Crippen LogP contribution is -2.20. The molecular weight excluding hydrogens is 375 g/mol. The highest BCUT2D eigenvalue weighted by Crippen LogP contribution is 2.32. The molecule has 0 fully saturated rings. The van der Waals surface area contributed by atoms with E-state index in [4.69, 9.17) is 0 Å². The first kappa shape index (κ1) is 19.9. The second-order valence-corrected chi connectivity index (χ2v) is 6.84. The summed E-state index contributed by atoms with van der Waals surface area (Å²) in [6.45, 7) is 1.81. The van der Waals surface area contributed by atoms with Gasteiger partial charge in [0.25, 0.3) is 11.5 Å². The normalized spacial score (nSPS) is 13.1. The maximum Gasteiger partial charge on any atom is 0.273 e. The van der Waals surface area contributed by atoms with Crippen molar-refractivity contribution < 1.29 is 18.3 Å². The standard InChI is InChI=1S/C18H20F3N5O2/c1-9(10-5-6-11(12(19)7-10)18(2,20)21)26-15-14(13(8-27)24-26)16(28)23-17(22-15)25(3)4/h5-7,9,27H,8H2,1-4H3,(H,22,23,28)/t9-/m0/s1. The Morgan fingerprint density at radius 3 is 2.57 bits per heavy atom. The fourth-order valence-corrected chi connectivity index (χ4v) is 2.98. The molecule has 7 nitrogen and oxygen atoms in total. The van der Waals surface area contributed by atoms with Crippen molar-refractivity contribution in [3.8, 4) is 0 Å². The fraction of sp³-hybridized carbons (Fsp3) is 0.389. The first-order valence-electron chi connectivity index (χ1n) is 8.52. The van der Waals surface area contributed by atoms with Crippen molar-refractivity contribution in [2.24, 2.45) is 0 Å². The summed E-state index contributed by atoms with van der Waals surface area (Å²) in [5, 5.41) is 13.9. The van der Waals surface area contributed by atoms with Gasteiger partial charge in [0.15, 0.2) is 5.65 Å². The number of aromatic nitrogens is 4. The number of nitrogens with one attached hydrogen (secondary N) is 1. The van der Waals surface area contributed by atoms with Crippen LogP contribution in [-0.2, 0) is 12.5 Å². The summed E-state index contributed by atoms with van der Waals surface area (Å²) in [5.74, 6) is -4.05. The number of benzene rings is 1. The van der Waals surface area contributed by atoms with Gasteiger partial charge in [-0.05, 0) is 24.6 Å². The molecule has 0 amide bonds. The van der Waals surface area contributed by atoms with Crippen LogP contribution in [0.2, 0.25) is 0 Å². The van der Waals surface area contributed by atoms with E-state index in [9.17, 15) is 23.1 Å². The molecule has 10 heteroatoms. The first-order chi connectivity index (χ1) is 13.0. The molecule has 0 aliphatic rings. The maximum absolute atomic E-state index is 14.2. The zero-order valence-corrected chi connectivity index (χ0v) is 15.8. The van der Waals surface area contributed by atoms with E-state index in [-0.39, 0.29) is 22.7 Å². The highest BCUT2D eigenvalue weighted by molar-refractivity contribution is 5.78. The minimum atomic E-state index is -3.30. The van der Waals surface area contributed by atoms with E-state index in [1.54, 1.807) is 25.9 Å². The van der Waals surface area contributed by atoms with Crippen LogP contribution in [0.1, 0.15) is 36.7 Å². The van der Waals surface area contributed by atoms with Gasteiger partial charge < -0.3 is 10.0 Å². The number of hydrogen-bond donors (Lipinski definition) is 2. The average molecular weight is 395 g/mol. The summed E-state index contributed by atoms with van der Waals surface area (Å²) < 4.78 is 42.5. The summed E-state index contributed by atoms with van der Waals surface area (Å²) in [6.07, 6.45) is 0. The van der Waals surface area contributed by atoms with Crippen molar-refractivity contribution in [2.45, 2.75) is 32.4 Å². The molecular formula is C18H20F3N5O2. The highest BCUT2D eigenvalue weighted by atomic mass is 19.3. The van der Waals surface area contributed by atoms with Crippen LogP contribution in [0.15, 0.2) is 23.0 Å². The smallest absolute Gasteiger partial charge is 0.273 e. The van der Waals surface area contributed by atoms with Crippen LogP contribution < -0.4 is 10.5 Å². The largest absolute Gasteiger partial charge is 0.390 e. The summed E-state index contributed by atoms with van der Waals surface area (Å²) in [5.41, 5.74) is -0.474. The van der Waals surface area contributed by atoms with E-state index < -0.39 is 35.5 Å². The molecule has 3 rings (SSSR count). The van der Waals surface area contributed by atoms with Crippen molar-refractivity contribution in [3.63, 3.8) is 0 Å². The molecule has 0 saturated heterocycles. The number of aromatic amines is 1. The van der Waals surface area contributed by atoms with Gasteiger partial charge in [-0.15, -0.1) is 0 Å². The summed E-state index contributed by atoms with van der Waals surface area (Å²) >= 11 is 0. The number of alkyl halides is 2. The monoisotopic (exact) mass is 395 g/mol. The number of anilines is 1. The zero-order chi connectivity index (χ0) is 20.8. The molecule has 0 aliphatic heterocycles. The lowest BCUT2D eigenvalue weighted by atomic mass is 10.0. The molecule has 0 bridgehead atoms. The molecule has 0 radical (unpaired) electrons. The van der Waals surface area contributed by atoms with E-state index in [1.165, 1.54) is 10.7 Å². The van der Waals surface area contributed by atoms with Gasteiger partial charge in [-0.2, -0.15) is 10.1 Å². The Bertz CT molecular complexity index is 1090. The highest BCUT2D eigenvalue weighted by Gasteiger charge is 2.29. The molecule has 0 aliphatic carbocycles. The predicted molar refractivity (Wildman–Crippen MR) is 98.2 cm³/mol. The van der Waals surface area contributed by atoms with Gasteiger partial charge in [-0.1, -0.05) is 6.07 Å². The molecule has 0 unspecified atom stereocenters. The van der Waals surface area contributed by atoms with Crippen molar-refractivity contribution in [1.29, 1.82) is 0 Å². The number of halogens is 3. The molecule has 3 aromatic rings. The van der Waals surface area contributed by atoms with Gasteiger partial charge in [0.05, 0.1) is 18.2 Å². The molecule has 2 N–H and O–H groups in total. The third-order valence-corrected chi connectivity index (χ3v) is 4.51. The second kappa shape index (κ2) is 6.93. The van der Waals surface area contributed by atoms with Gasteiger partial charge in [0, 0.05) is 21.0 Å². The molecule has 1 atom stereocenters. The number of nitrogens with zero attached hydrogens (tertiary/aromatic N) is 4. The van der Waals surface area contributed by atoms with Crippen molar-refractivity contribution in [2.75, 3.05) is 19.0 Å². The van der Waals surface area contributed by atoms with Crippen LogP contribution in [0, 0.1) is 5.82 Å². The van der Waals surface area contributed by atoms with Gasteiger partial charge in [0.2, 0.25) is 5.95 Å². The lowest BCUT2D eigenvalue weighted by Gasteiger charge is -2.17. The molecule has 28 heavy (non-hydrogen) atoms. The second-order valence-electron chi connectivity index (χ2n) is 6.84. The maximum atomic E-state index is 14.2. The Balaban J connectivity index is 2.18. The van der Waals surface area contributed by atoms with Crippen LogP contribution >= 0.6 is 0 Å². The number of aliphatic hydroxyl groups excluding tert-OH is 1. The van der Waals surface area contributed by atoms with Crippen molar-refractivity contribution in [1.82, 2.24) is 19.7 Å². The van der Waals surface area contributed by atoms with Crippen molar-refractivity contribution in [3.05, 3.63) is 51.2 Å². The van der Waals surface area contributed by atoms with E-state index in [2.05, 4.69) is 15.1 Å². The van der Waals surface area contributed by atoms with Crippen LogP contribution in [0.5, 0.6) is 0 Å². The third kappa shape index (κ3) is 3.35. The topological polar surface area (TPSA) is 87.0 Å². The van der Waals surface area contributed by atoms with Gasteiger partial charge in [-0.3, -0.25) is 9.78 Å². The predicted octanol–water partition coefficient (Wildman–Crippen LogP) is 2.54. The van der Waals surface area contributed by atoms with Crippen molar-refractivity contribution >= 4 is 17.0 Å². The minimum Gasteiger partial charge on any atom is -0.390 e. The summed E-state index contributed by atoms with van der Waals surface area (Å²) in [4.78, 5) is 21.0. The molecule has 2 heterocycles. The quantitative estimate of drug-likeness (QED) is 0.693. The minimum absolute atomic E-state index is 0.122. The molecule has 0 saturated carbocycles. The van der Waals surface area contributed by atoms with Crippen LogP contribution in [-0.4, -0.2) is 39.0 Å². The first-order valence-corrected chi connectivity index (χ1v) is 8.52. The lowest BCUT2D eigenvalue weighted by molar-refractivity contribution is 0.0137. The zero-order valence-electron chi connectivity index (χ0n) is 15.8. The number of H-pyrrole nitrogens is 1. The van der Waals surface area contributed by atoms with Gasteiger partial charge >= 0.3 is 0 Å². The van der Waals surface area contributed by atoms with E-state index in [1.807, 2.05) is 0 Å². The number of hydrogen-bond acceptors (Lipinski definition) is 5. The number of rotatable bonds is 5. The van der Waals surface area contributed by atoms with Gasteiger partial charge in [-0.25, -0.2) is 17.9 Å². The van der Waals surface area contributed by atoms with Gasteiger partial charge in [0.1, 0.15) is 16.9 Å². The SMILES string of the molecule is C[C@@H](c1ccc(C(C)(F)F)c(F)c1)n1nc(CO)c2c(=O)[nH]c(N(C)C)nc21. The Morgan fingerprint density at radius 2 is 2.04 bits per heavy atom. The molecule has 1 aromatic carbocycles. The van der Waals surface area contributed by atoms with E-state index in [0.717, 1.165) is 12.1 Å². The van der Waals surface area contributed by atoms with E-state index >= 15 is 0 Å². The molecule has 0 spiro atoms. The Kier molecular flexibility index (Phi) is 4.92. The Hall–Kier alpha value is -2.88. The number of aliphatic hydroxyl groups is 1. The average Bonchev–Trinajstić information content (AvgIpc) is 2.99. The van der Waals surface area contributed by atoms with E-state index in [0.29, 0.717) is 12.5 Å². The molecule has 2 aromatic heterocycles. The fourth-order valence-electron chi connectivity index (χ4n) is 2.98. The number of fused-ring (bicyclic) bond motifs is 1. The summed E-state index contributed by atoms with van der Waals surface area (Å²) in [6, 6.07) is 2.81. The Morgan fingerprint density at radius 1 is 1.36 bits per heavy atom. The van der Waals surface area contributed by atoms with Crippen LogP contribution in [0.4, 0.5) is 19.1 Å². The van der Waals surface area contributed by atoms with Crippen LogP contribution in [0.25, 0.3) is 11.0 Å². The Labute approximate surface area is 158 Å².